The number of nitrogens with zero attached hydrogens (tertiary/aromatic N) is 1. The van der Waals surface area contributed by atoms with Crippen LogP contribution in [0, 0.1) is 0 Å². The molecular weight excluding hydrogens is 526 g/mol. The lowest BCUT2D eigenvalue weighted by Gasteiger charge is -2.22. The third-order valence-corrected chi connectivity index (χ3v) is 7.07. The van der Waals surface area contributed by atoms with Crippen molar-refractivity contribution >= 4 is 34.0 Å². The van der Waals surface area contributed by atoms with E-state index < -0.39 is 0 Å². The average Bonchev–Trinajstić information content (AvgIpc) is 3.03. The van der Waals surface area contributed by atoms with Crippen LogP contribution in [0.25, 0.3) is 10.8 Å². The molecule has 0 radical (unpaired) electrons. The number of hydrogen-bond acceptors (Lipinski definition) is 5. The number of methoxy groups -OCH3 is 1. The summed E-state index contributed by atoms with van der Waals surface area (Å²) in [6.07, 6.45) is 0. The molecule has 2 amide bonds. The number of amides is 2. The van der Waals surface area contributed by atoms with Crippen molar-refractivity contribution in [2.24, 2.45) is 0 Å². The van der Waals surface area contributed by atoms with E-state index in [0.717, 1.165) is 21.9 Å². The van der Waals surface area contributed by atoms with E-state index in [4.69, 9.17) is 15.2 Å². The van der Waals surface area contributed by atoms with E-state index in [0.29, 0.717) is 47.1 Å². The molecule has 42 heavy (non-hydrogen) atoms. The number of hydrogen-bond donors (Lipinski definition) is 2. The van der Waals surface area contributed by atoms with Gasteiger partial charge in [0.05, 0.1) is 18.5 Å². The van der Waals surface area contributed by atoms with Crippen molar-refractivity contribution < 1.29 is 19.1 Å². The molecule has 212 valence electrons. The van der Waals surface area contributed by atoms with Crippen molar-refractivity contribution in [3.63, 3.8) is 0 Å². The quantitative estimate of drug-likeness (QED) is 0.181. The highest BCUT2D eigenvalue weighted by molar-refractivity contribution is 6.06. The summed E-state index contributed by atoms with van der Waals surface area (Å²) in [5.41, 5.74) is 9.65. The minimum absolute atomic E-state index is 0.128. The van der Waals surface area contributed by atoms with Crippen LogP contribution in [0.5, 0.6) is 11.5 Å². The summed E-state index contributed by atoms with van der Waals surface area (Å²) in [5.74, 6) is 0.317. The van der Waals surface area contributed by atoms with Crippen LogP contribution in [0.4, 0.5) is 11.4 Å². The van der Waals surface area contributed by atoms with Crippen molar-refractivity contribution in [2.75, 3.05) is 24.7 Å². The van der Waals surface area contributed by atoms with Gasteiger partial charge in [-0.15, -0.1) is 0 Å². The van der Waals surface area contributed by atoms with E-state index in [-0.39, 0.29) is 18.4 Å². The highest BCUT2D eigenvalue weighted by Gasteiger charge is 2.19. The van der Waals surface area contributed by atoms with Gasteiger partial charge in [0.25, 0.3) is 11.8 Å². The Morgan fingerprint density at radius 3 is 2.24 bits per heavy atom. The van der Waals surface area contributed by atoms with E-state index in [9.17, 15) is 9.59 Å². The molecule has 7 heteroatoms. The number of nitrogens with two attached hydrogens (primary N) is 1. The fourth-order valence-corrected chi connectivity index (χ4v) is 4.73. The molecule has 0 aromatic heterocycles. The molecule has 0 aliphatic rings. The van der Waals surface area contributed by atoms with Gasteiger partial charge in [-0.25, -0.2) is 0 Å². The summed E-state index contributed by atoms with van der Waals surface area (Å²) >= 11 is 0. The Balaban J connectivity index is 1.40. The third kappa shape index (κ3) is 6.53. The number of ether oxygens (including phenoxy) is 2. The number of carbonyl (C=O) groups excluding carboxylic acids is 2. The molecule has 0 atom stereocenters. The molecule has 0 saturated carbocycles. The van der Waals surface area contributed by atoms with E-state index in [1.807, 2.05) is 49.4 Å². The normalized spacial score (nSPS) is 10.7. The Morgan fingerprint density at radius 1 is 0.762 bits per heavy atom. The van der Waals surface area contributed by atoms with Crippen LogP contribution >= 0.6 is 0 Å². The van der Waals surface area contributed by atoms with Crippen LogP contribution in [0.15, 0.2) is 109 Å². The van der Waals surface area contributed by atoms with Crippen LogP contribution in [-0.2, 0) is 13.2 Å². The second-order valence-corrected chi connectivity index (χ2v) is 9.90. The van der Waals surface area contributed by atoms with Crippen LogP contribution < -0.4 is 20.5 Å². The van der Waals surface area contributed by atoms with Crippen LogP contribution in [-0.4, -0.2) is 30.4 Å². The molecule has 0 spiro atoms. The molecule has 0 saturated heterocycles. The lowest BCUT2D eigenvalue weighted by molar-refractivity contribution is 0.0752. The Bertz CT molecular complexity index is 1720. The number of nitrogens with one attached hydrogen (secondary N) is 1. The summed E-state index contributed by atoms with van der Waals surface area (Å²) < 4.78 is 11.4. The number of fused-ring (bicyclic) bond motifs is 1. The van der Waals surface area contributed by atoms with Gasteiger partial charge in [-0.2, -0.15) is 0 Å². The lowest BCUT2D eigenvalue weighted by Crippen LogP contribution is -2.30. The molecular formula is C35H33N3O4. The van der Waals surface area contributed by atoms with Crippen molar-refractivity contribution in [2.45, 2.75) is 20.1 Å². The monoisotopic (exact) mass is 559 g/mol. The second kappa shape index (κ2) is 12.9. The maximum atomic E-state index is 13.7. The molecule has 5 aromatic rings. The molecule has 5 aromatic carbocycles. The standard InChI is InChI=1S/C35H33N3O4/c1-3-38(22-25-13-14-26-11-7-8-12-27(26)19-25)35(40)29-16-18-31(33(21-29)42-23-24-9-5-4-6-10-24)37-34(39)28-15-17-30(36)32(20-28)41-2/h4-21H,3,22-23,36H2,1-2H3,(H,37,39). The fraction of sp³-hybridized carbons (Fsp3) is 0.143. The van der Waals surface area contributed by atoms with Crippen molar-refractivity contribution in [3.05, 3.63) is 131 Å². The van der Waals surface area contributed by atoms with Gasteiger partial charge in [0.15, 0.2) is 0 Å². The molecule has 7 nitrogen and oxygen atoms in total. The maximum absolute atomic E-state index is 13.7. The smallest absolute Gasteiger partial charge is 0.255 e. The summed E-state index contributed by atoms with van der Waals surface area (Å²) in [7, 11) is 1.50. The summed E-state index contributed by atoms with van der Waals surface area (Å²) in [4.78, 5) is 28.6. The first-order valence-corrected chi connectivity index (χ1v) is 13.8. The summed E-state index contributed by atoms with van der Waals surface area (Å²) in [5, 5.41) is 5.21. The molecule has 3 N–H and O–H groups in total. The minimum Gasteiger partial charge on any atom is -0.495 e. The lowest BCUT2D eigenvalue weighted by atomic mass is 10.1. The van der Waals surface area contributed by atoms with Crippen LogP contribution in [0.3, 0.4) is 0 Å². The predicted octanol–water partition coefficient (Wildman–Crippen LogP) is 6.92. The number of anilines is 2. The zero-order chi connectivity index (χ0) is 29.5. The Labute approximate surface area is 245 Å². The highest BCUT2D eigenvalue weighted by atomic mass is 16.5. The molecule has 0 unspecified atom stereocenters. The highest BCUT2D eigenvalue weighted by Crippen LogP contribution is 2.30. The fourth-order valence-electron chi connectivity index (χ4n) is 4.73. The number of nitrogen functional groups attached to an aromatic ring is 1. The molecule has 5 rings (SSSR count). The second-order valence-electron chi connectivity index (χ2n) is 9.90. The van der Waals surface area contributed by atoms with Gasteiger partial charge in [-0.3, -0.25) is 9.59 Å². The summed E-state index contributed by atoms with van der Waals surface area (Å²) in [6.45, 7) is 3.23. The first-order chi connectivity index (χ1) is 20.4. The van der Waals surface area contributed by atoms with E-state index in [1.54, 1.807) is 41.3 Å². The molecule has 0 aliphatic heterocycles. The van der Waals surface area contributed by atoms with E-state index in [1.165, 1.54) is 7.11 Å². The SMILES string of the molecule is CCN(Cc1ccc2ccccc2c1)C(=O)c1ccc(NC(=O)c2ccc(N)c(OC)c2)c(OCc2ccccc2)c1. The van der Waals surface area contributed by atoms with Gasteiger partial charge in [-0.1, -0.05) is 66.7 Å². The zero-order valence-electron chi connectivity index (χ0n) is 23.7. The van der Waals surface area contributed by atoms with E-state index >= 15 is 0 Å². The van der Waals surface area contributed by atoms with Crippen molar-refractivity contribution in [1.29, 1.82) is 0 Å². The first-order valence-electron chi connectivity index (χ1n) is 13.8. The van der Waals surface area contributed by atoms with Gasteiger partial charge in [0.2, 0.25) is 0 Å². The van der Waals surface area contributed by atoms with Gasteiger partial charge < -0.3 is 25.4 Å². The zero-order valence-corrected chi connectivity index (χ0v) is 23.7. The third-order valence-electron chi connectivity index (χ3n) is 7.07. The molecule has 0 aliphatic carbocycles. The Hall–Kier alpha value is -5.30. The van der Waals surface area contributed by atoms with Crippen LogP contribution in [0.2, 0.25) is 0 Å². The molecule has 0 heterocycles. The topological polar surface area (TPSA) is 93.9 Å². The van der Waals surface area contributed by atoms with Crippen LogP contribution in [0.1, 0.15) is 38.8 Å². The number of rotatable bonds is 10. The van der Waals surface area contributed by atoms with Gasteiger partial charge in [-0.05, 0) is 71.3 Å². The Kier molecular flexibility index (Phi) is 8.68. The first kappa shape index (κ1) is 28.2. The van der Waals surface area contributed by atoms with Gasteiger partial charge >= 0.3 is 0 Å². The largest absolute Gasteiger partial charge is 0.495 e. The van der Waals surface area contributed by atoms with Gasteiger partial charge in [0.1, 0.15) is 18.1 Å². The molecule has 0 bridgehead atoms. The number of carbonyl (C=O) groups is 2. The molecule has 0 fully saturated rings. The van der Waals surface area contributed by atoms with Crippen molar-refractivity contribution in [1.82, 2.24) is 4.90 Å². The van der Waals surface area contributed by atoms with Crippen molar-refractivity contribution in [3.8, 4) is 11.5 Å². The number of benzene rings is 5. The summed E-state index contributed by atoms with van der Waals surface area (Å²) in [6, 6.07) is 34.0. The van der Waals surface area contributed by atoms with Gasteiger partial charge in [0, 0.05) is 24.2 Å². The average molecular weight is 560 g/mol. The minimum atomic E-state index is -0.358. The Morgan fingerprint density at radius 2 is 1.48 bits per heavy atom. The van der Waals surface area contributed by atoms with E-state index in [2.05, 4.69) is 35.6 Å². The maximum Gasteiger partial charge on any atom is 0.255 e. The predicted molar refractivity (Wildman–Crippen MR) is 167 cm³/mol.